The Labute approximate surface area is 296 Å². The van der Waals surface area contributed by atoms with Crippen LogP contribution in [-0.2, 0) is 19.1 Å². The zero-order chi connectivity index (χ0) is 35.9. The average molecular weight is 673 g/mol. The molecule has 0 radical (unpaired) electrons. The summed E-state index contributed by atoms with van der Waals surface area (Å²) in [4.78, 5) is 35.8. The van der Waals surface area contributed by atoms with Gasteiger partial charge in [-0.25, -0.2) is 9.97 Å². The normalized spacial score (nSPS) is 19.4. The first-order valence-electron chi connectivity index (χ1n) is 18.3. The highest BCUT2D eigenvalue weighted by molar-refractivity contribution is 5.79. The largest absolute Gasteiger partial charge is 0.429 e. The number of rotatable bonds is 11. The lowest BCUT2D eigenvalue weighted by Crippen LogP contribution is -2.33. The van der Waals surface area contributed by atoms with Crippen LogP contribution in [-0.4, -0.2) is 21.9 Å². The van der Waals surface area contributed by atoms with E-state index in [0.29, 0.717) is 24.4 Å². The molecule has 0 bridgehead atoms. The molecule has 0 saturated heterocycles. The van der Waals surface area contributed by atoms with Crippen LogP contribution in [0.1, 0.15) is 129 Å². The molecule has 0 saturated carbocycles. The lowest BCUT2D eigenvalue weighted by Gasteiger charge is -2.27. The van der Waals surface area contributed by atoms with Crippen molar-refractivity contribution in [3.63, 3.8) is 0 Å². The predicted molar refractivity (Wildman–Crippen MR) is 203 cm³/mol. The molecule has 0 spiro atoms. The molecule has 6 rings (SSSR count). The molecule has 6 heteroatoms. The maximum Gasteiger partial charge on any atom is 0.310 e. The second-order valence-corrected chi connectivity index (χ2v) is 16.7. The highest BCUT2D eigenvalue weighted by Gasteiger charge is 2.31. The smallest absolute Gasteiger partial charge is 0.310 e. The van der Waals surface area contributed by atoms with Crippen molar-refractivity contribution in [2.24, 2.45) is 21.7 Å². The third-order valence-electron chi connectivity index (χ3n) is 10.0. The van der Waals surface area contributed by atoms with E-state index in [-0.39, 0.29) is 22.8 Å². The number of pyridine rings is 2. The number of esters is 2. The van der Waals surface area contributed by atoms with Crippen LogP contribution in [0, 0.1) is 21.7 Å². The minimum absolute atomic E-state index is 0.0407. The van der Waals surface area contributed by atoms with Crippen molar-refractivity contribution in [1.82, 2.24) is 9.97 Å². The minimum atomic E-state index is -0.406. The van der Waals surface area contributed by atoms with Crippen LogP contribution in [0.2, 0.25) is 0 Å². The summed E-state index contributed by atoms with van der Waals surface area (Å²) < 4.78 is 12.1. The minimum Gasteiger partial charge on any atom is -0.429 e. The van der Waals surface area contributed by atoms with Crippen LogP contribution in [0.25, 0.3) is 48.0 Å². The third-order valence-corrected chi connectivity index (χ3v) is 10.0. The number of carbonyl (C=O) groups excluding carboxylic acids is 2. The first-order valence-corrected chi connectivity index (χ1v) is 18.3. The van der Waals surface area contributed by atoms with E-state index < -0.39 is 10.8 Å². The number of ether oxygens (including phenoxy) is 2. The molecular formula is C44H52N2O4. The maximum atomic E-state index is 13.0. The van der Waals surface area contributed by atoms with E-state index in [9.17, 15) is 9.59 Å². The predicted octanol–water partition coefficient (Wildman–Crippen LogP) is 7.37. The Morgan fingerprint density at radius 3 is 1.32 bits per heavy atom. The van der Waals surface area contributed by atoms with E-state index in [4.69, 9.17) is 19.4 Å². The molecule has 0 amide bonds. The van der Waals surface area contributed by atoms with E-state index in [1.807, 2.05) is 12.2 Å². The zero-order valence-corrected chi connectivity index (χ0v) is 31.1. The van der Waals surface area contributed by atoms with Crippen LogP contribution in [0.4, 0.5) is 0 Å². The molecule has 0 unspecified atom stereocenters. The average Bonchev–Trinajstić information content (AvgIpc) is 3.03. The molecule has 0 atom stereocenters. The van der Waals surface area contributed by atoms with Gasteiger partial charge in [-0.15, -0.1) is 0 Å². The third kappa shape index (κ3) is 7.85. The van der Waals surface area contributed by atoms with Gasteiger partial charge in [-0.3, -0.25) is 9.59 Å². The molecule has 262 valence electrons. The maximum absolute atomic E-state index is 13.0. The molecule has 0 fully saturated rings. The summed E-state index contributed by atoms with van der Waals surface area (Å²) >= 11 is 0. The van der Waals surface area contributed by atoms with Gasteiger partial charge in [0.25, 0.3) is 0 Å². The summed E-state index contributed by atoms with van der Waals surface area (Å²) in [6.45, 7) is 16.9. The quantitative estimate of drug-likeness (QED) is 0.183. The number of unbranched alkanes of at least 4 members (excludes halogenated alkanes) is 5. The zero-order valence-electron chi connectivity index (χ0n) is 31.1. The second-order valence-electron chi connectivity index (χ2n) is 16.7. The molecule has 2 heterocycles. The molecule has 6 nitrogen and oxygen atoms in total. The van der Waals surface area contributed by atoms with Gasteiger partial charge in [-0.1, -0.05) is 89.8 Å². The van der Waals surface area contributed by atoms with Gasteiger partial charge >= 0.3 is 11.9 Å². The molecule has 0 aromatic carbocycles. The van der Waals surface area contributed by atoms with Crippen LogP contribution < -0.4 is 21.1 Å². The van der Waals surface area contributed by atoms with Gasteiger partial charge in [-0.2, -0.15) is 0 Å². The van der Waals surface area contributed by atoms with Crippen molar-refractivity contribution in [1.29, 1.82) is 0 Å². The Morgan fingerprint density at radius 1 is 0.540 bits per heavy atom. The van der Waals surface area contributed by atoms with Crippen molar-refractivity contribution >= 4 is 59.9 Å². The van der Waals surface area contributed by atoms with E-state index >= 15 is 0 Å². The first-order chi connectivity index (χ1) is 23.5. The summed E-state index contributed by atoms with van der Waals surface area (Å²) in [5.74, 6) is 0.937. The fourth-order valence-electron chi connectivity index (χ4n) is 7.01. The number of hydrogen-bond acceptors (Lipinski definition) is 6. The summed E-state index contributed by atoms with van der Waals surface area (Å²) in [5, 5.41) is 3.72. The van der Waals surface area contributed by atoms with Gasteiger partial charge in [0, 0.05) is 56.1 Å². The van der Waals surface area contributed by atoms with Crippen LogP contribution in [0.15, 0.2) is 36.4 Å². The summed E-state index contributed by atoms with van der Waals surface area (Å²) in [6.07, 6.45) is 27.4. The summed E-state index contributed by atoms with van der Waals surface area (Å²) in [6, 6.07) is 4.21. The van der Waals surface area contributed by atoms with Crippen molar-refractivity contribution in [3.05, 3.63) is 80.1 Å². The number of allylic oxidation sites excluding steroid dienone is 2. The molecule has 0 N–H and O–H groups in total. The fourth-order valence-corrected chi connectivity index (χ4v) is 7.01. The molecule has 2 aromatic rings. The lowest BCUT2D eigenvalue weighted by molar-refractivity contribution is -0.138. The van der Waals surface area contributed by atoms with Crippen molar-refractivity contribution < 1.29 is 19.1 Å². The summed E-state index contributed by atoms with van der Waals surface area (Å²) in [7, 11) is 0. The first kappa shape index (κ1) is 35.5. The highest BCUT2D eigenvalue weighted by atomic mass is 16.5. The lowest BCUT2D eigenvalue weighted by atomic mass is 9.84. The Balaban J connectivity index is 0.971. The molecule has 4 aliphatic carbocycles. The van der Waals surface area contributed by atoms with E-state index in [0.717, 1.165) is 82.2 Å². The number of hydrogen-bond donors (Lipinski definition) is 0. The Kier molecular flexibility index (Phi) is 9.53. The van der Waals surface area contributed by atoms with Gasteiger partial charge in [0.2, 0.25) is 0 Å². The van der Waals surface area contributed by atoms with Crippen molar-refractivity contribution in [2.75, 3.05) is 0 Å². The summed E-state index contributed by atoms with van der Waals surface area (Å²) in [5.41, 5.74) is 2.89. The Hall–Kier alpha value is -4.32. The number of carbonyl (C=O) groups is 2. The second kappa shape index (κ2) is 13.4. The number of aromatic nitrogens is 2. The van der Waals surface area contributed by atoms with Gasteiger partial charge in [0.1, 0.15) is 11.5 Å². The molecule has 4 aliphatic rings. The van der Waals surface area contributed by atoms with E-state index in [1.54, 1.807) is 0 Å². The monoisotopic (exact) mass is 672 g/mol. The van der Waals surface area contributed by atoms with E-state index in [1.165, 1.54) is 0 Å². The highest BCUT2D eigenvalue weighted by Crippen LogP contribution is 2.35. The number of fused-ring (bicyclic) bond motifs is 4. The molecule has 0 aliphatic heterocycles. The SMILES string of the molecule is CC1(C)C=Cc2cc3c(nc2=C1)C=CC(C)(C)C=3OC(=O)CCCCCCCCC(=O)OC1=c2cc3c(nc2C=CC1(C)C)=CC(C)(C)C=C3. The van der Waals surface area contributed by atoms with Gasteiger partial charge in [0.05, 0.1) is 22.1 Å². The molecular weight excluding hydrogens is 620 g/mol. The van der Waals surface area contributed by atoms with Crippen molar-refractivity contribution in [3.8, 4) is 0 Å². The molecule has 2 aromatic heterocycles. The molecule has 50 heavy (non-hydrogen) atoms. The van der Waals surface area contributed by atoms with Crippen LogP contribution in [0.5, 0.6) is 0 Å². The van der Waals surface area contributed by atoms with Gasteiger partial charge in [-0.05, 0) is 77.0 Å². The van der Waals surface area contributed by atoms with Crippen molar-refractivity contribution in [2.45, 2.75) is 107 Å². The van der Waals surface area contributed by atoms with Gasteiger partial charge in [0.15, 0.2) is 0 Å². The Bertz CT molecular complexity index is 1950. The number of nitrogens with zero attached hydrogens (tertiary/aromatic N) is 2. The fraction of sp³-hybridized carbons (Fsp3) is 0.455. The topological polar surface area (TPSA) is 78.4 Å². The van der Waals surface area contributed by atoms with Crippen LogP contribution >= 0.6 is 0 Å². The van der Waals surface area contributed by atoms with E-state index in [2.05, 4.69) is 116 Å². The van der Waals surface area contributed by atoms with Crippen LogP contribution in [0.3, 0.4) is 0 Å². The standard InChI is InChI=1S/C44H52N2O4/c1-41(2)21-17-29-25-31-33(45-35(29)27-41)19-23-43(5,6)39(31)49-37(47)15-13-11-9-10-12-14-16-38(48)50-40-32-26-30-18-22-42(3,4)28-36(30)46-34(32)20-24-44(40,7)8/h17-28H,9-16H2,1-8H3. The van der Waals surface area contributed by atoms with Gasteiger partial charge < -0.3 is 9.47 Å². The Morgan fingerprint density at radius 2 is 0.920 bits per heavy atom.